The highest BCUT2D eigenvalue weighted by Gasteiger charge is 2.00. The molecule has 0 unspecified atom stereocenters. The molecule has 0 radical (unpaired) electrons. The van der Waals surface area contributed by atoms with Crippen LogP contribution in [0.5, 0.6) is 5.75 Å². The summed E-state index contributed by atoms with van der Waals surface area (Å²) in [6.45, 7) is 3.28. The molecule has 2 rings (SSSR count). The number of anilines is 2. The molecule has 1 aromatic heterocycles. The highest BCUT2D eigenvalue weighted by atomic mass is 79.9. The van der Waals surface area contributed by atoms with Crippen LogP contribution in [0, 0.1) is 6.92 Å². The minimum Gasteiger partial charge on any atom is -0.492 e. The fraction of sp³-hybridized carbons (Fsp3) is 0.214. The SMILES string of the molecule is Cc1cc(Br)cnc1NCCOc1ccc(N)cc1. The zero-order chi connectivity index (χ0) is 13.7. The minimum atomic E-state index is 0.571. The standard InChI is InChI=1S/C14H16BrN3O/c1-10-8-11(15)9-18-14(10)17-6-7-19-13-4-2-12(16)3-5-13/h2-5,8-9H,6-7,16H2,1H3,(H,17,18). The van der Waals surface area contributed by atoms with Crippen molar-refractivity contribution in [3.63, 3.8) is 0 Å². The van der Waals surface area contributed by atoms with E-state index in [1.807, 2.05) is 37.3 Å². The third-order valence-electron chi connectivity index (χ3n) is 2.59. The molecular formula is C14H16BrN3O. The molecule has 2 aromatic rings. The van der Waals surface area contributed by atoms with Gasteiger partial charge in [0.15, 0.2) is 0 Å². The maximum absolute atomic E-state index is 5.61. The van der Waals surface area contributed by atoms with Crippen molar-refractivity contribution in [3.05, 3.63) is 46.6 Å². The maximum atomic E-state index is 5.61. The van der Waals surface area contributed by atoms with Gasteiger partial charge in [-0.3, -0.25) is 0 Å². The highest BCUT2D eigenvalue weighted by molar-refractivity contribution is 9.10. The molecule has 0 aliphatic rings. The summed E-state index contributed by atoms with van der Waals surface area (Å²) in [7, 11) is 0. The highest BCUT2D eigenvalue weighted by Crippen LogP contribution is 2.16. The Morgan fingerprint density at radius 3 is 2.74 bits per heavy atom. The van der Waals surface area contributed by atoms with Gasteiger partial charge in [-0.2, -0.15) is 0 Å². The van der Waals surface area contributed by atoms with Gasteiger partial charge in [0.25, 0.3) is 0 Å². The predicted octanol–water partition coefficient (Wildman–Crippen LogP) is 3.23. The topological polar surface area (TPSA) is 60.2 Å². The number of ether oxygens (including phenoxy) is 1. The quantitative estimate of drug-likeness (QED) is 0.655. The van der Waals surface area contributed by atoms with Crippen LogP contribution < -0.4 is 15.8 Å². The number of nitrogens with two attached hydrogens (primary N) is 1. The van der Waals surface area contributed by atoms with E-state index in [0.29, 0.717) is 13.2 Å². The molecule has 3 N–H and O–H groups in total. The van der Waals surface area contributed by atoms with E-state index in [1.54, 1.807) is 6.20 Å². The molecule has 0 saturated heterocycles. The van der Waals surface area contributed by atoms with E-state index in [4.69, 9.17) is 10.5 Å². The molecule has 100 valence electrons. The first-order chi connectivity index (χ1) is 9.15. The van der Waals surface area contributed by atoms with Crippen molar-refractivity contribution in [2.45, 2.75) is 6.92 Å². The van der Waals surface area contributed by atoms with Gasteiger partial charge < -0.3 is 15.8 Å². The number of pyridine rings is 1. The number of nitrogens with zero attached hydrogens (tertiary/aromatic N) is 1. The van der Waals surface area contributed by atoms with Crippen molar-refractivity contribution in [2.24, 2.45) is 0 Å². The van der Waals surface area contributed by atoms with Crippen LogP contribution in [-0.4, -0.2) is 18.1 Å². The van der Waals surface area contributed by atoms with Crippen LogP contribution in [0.1, 0.15) is 5.56 Å². The smallest absolute Gasteiger partial charge is 0.129 e. The summed E-state index contributed by atoms with van der Waals surface area (Å²) in [5.74, 6) is 1.69. The summed E-state index contributed by atoms with van der Waals surface area (Å²) >= 11 is 3.39. The van der Waals surface area contributed by atoms with Gasteiger partial charge in [0.2, 0.25) is 0 Å². The first kappa shape index (κ1) is 13.7. The zero-order valence-corrected chi connectivity index (χ0v) is 12.3. The van der Waals surface area contributed by atoms with Crippen molar-refractivity contribution in [2.75, 3.05) is 24.2 Å². The molecule has 0 saturated carbocycles. The summed E-state index contributed by atoms with van der Waals surface area (Å²) in [6, 6.07) is 9.39. The van der Waals surface area contributed by atoms with Crippen molar-refractivity contribution >= 4 is 27.4 Å². The van der Waals surface area contributed by atoms with Crippen molar-refractivity contribution in [3.8, 4) is 5.75 Å². The normalized spacial score (nSPS) is 10.2. The number of hydrogen-bond acceptors (Lipinski definition) is 4. The number of nitrogens with one attached hydrogen (secondary N) is 1. The first-order valence-corrected chi connectivity index (χ1v) is 6.79. The number of hydrogen-bond donors (Lipinski definition) is 2. The predicted molar refractivity (Wildman–Crippen MR) is 81.5 cm³/mol. The largest absolute Gasteiger partial charge is 0.492 e. The summed E-state index contributed by atoms with van der Waals surface area (Å²) < 4.78 is 6.57. The number of halogens is 1. The fourth-order valence-electron chi connectivity index (χ4n) is 1.63. The number of nitrogen functional groups attached to an aromatic ring is 1. The van der Waals surface area contributed by atoms with Crippen LogP contribution in [0.2, 0.25) is 0 Å². The summed E-state index contributed by atoms with van der Waals surface area (Å²) in [5.41, 5.74) is 7.44. The molecule has 0 aliphatic heterocycles. The van der Waals surface area contributed by atoms with Crippen LogP contribution in [-0.2, 0) is 0 Å². The summed E-state index contributed by atoms with van der Waals surface area (Å²) in [5, 5.41) is 3.24. The van der Waals surface area contributed by atoms with Crippen LogP contribution in [0.25, 0.3) is 0 Å². The molecule has 1 aromatic carbocycles. The number of aromatic nitrogens is 1. The molecule has 19 heavy (non-hydrogen) atoms. The summed E-state index contributed by atoms with van der Waals surface area (Å²) in [4.78, 5) is 4.30. The van der Waals surface area contributed by atoms with Crippen LogP contribution >= 0.6 is 15.9 Å². The van der Waals surface area contributed by atoms with E-state index in [9.17, 15) is 0 Å². The lowest BCUT2D eigenvalue weighted by Gasteiger charge is -2.10. The lowest BCUT2D eigenvalue weighted by atomic mass is 10.3. The van der Waals surface area contributed by atoms with E-state index >= 15 is 0 Å². The maximum Gasteiger partial charge on any atom is 0.129 e. The second-order valence-corrected chi connectivity index (χ2v) is 5.08. The second kappa shape index (κ2) is 6.43. The molecule has 5 heteroatoms. The van der Waals surface area contributed by atoms with Gasteiger partial charge in [-0.25, -0.2) is 4.98 Å². The number of rotatable bonds is 5. The Morgan fingerprint density at radius 1 is 1.32 bits per heavy atom. The molecule has 4 nitrogen and oxygen atoms in total. The molecule has 0 fully saturated rings. The van der Waals surface area contributed by atoms with Crippen molar-refractivity contribution < 1.29 is 4.74 Å². The average molecular weight is 322 g/mol. The van der Waals surface area contributed by atoms with Gasteiger partial charge in [0, 0.05) is 16.4 Å². The summed E-state index contributed by atoms with van der Waals surface area (Å²) in [6.07, 6.45) is 1.77. The van der Waals surface area contributed by atoms with Gasteiger partial charge >= 0.3 is 0 Å². The Morgan fingerprint density at radius 2 is 2.05 bits per heavy atom. The van der Waals surface area contributed by atoms with Gasteiger partial charge in [0.05, 0.1) is 6.54 Å². The van der Waals surface area contributed by atoms with E-state index in [1.165, 1.54) is 0 Å². The van der Waals surface area contributed by atoms with Crippen molar-refractivity contribution in [1.82, 2.24) is 4.98 Å². The Kier molecular flexibility index (Phi) is 4.63. The van der Waals surface area contributed by atoms with E-state index < -0.39 is 0 Å². The third-order valence-corrected chi connectivity index (χ3v) is 3.02. The van der Waals surface area contributed by atoms with Crippen molar-refractivity contribution in [1.29, 1.82) is 0 Å². The van der Waals surface area contributed by atoms with Crippen LogP contribution in [0.4, 0.5) is 11.5 Å². The second-order valence-electron chi connectivity index (χ2n) is 4.16. The molecule has 0 amide bonds. The molecule has 0 atom stereocenters. The zero-order valence-electron chi connectivity index (χ0n) is 10.7. The van der Waals surface area contributed by atoms with Crippen LogP contribution in [0.15, 0.2) is 41.0 Å². The molecular weight excluding hydrogens is 306 g/mol. The van der Waals surface area contributed by atoms with Gasteiger partial charge in [-0.1, -0.05) is 0 Å². The van der Waals surface area contributed by atoms with Gasteiger partial charge in [-0.05, 0) is 58.7 Å². The molecule has 0 spiro atoms. The minimum absolute atomic E-state index is 0.571. The van der Waals surface area contributed by atoms with Crippen LogP contribution in [0.3, 0.4) is 0 Å². The Labute approximate surface area is 121 Å². The van der Waals surface area contributed by atoms with Gasteiger partial charge in [-0.15, -0.1) is 0 Å². The Hall–Kier alpha value is -1.75. The van der Waals surface area contributed by atoms with Gasteiger partial charge in [0.1, 0.15) is 18.2 Å². The molecule has 1 heterocycles. The molecule has 0 bridgehead atoms. The third kappa shape index (κ3) is 4.13. The lowest BCUT2D eigenvalue weighted by Crippen LogP contribution is -2.13. The first-order valence-electron chi connectivity index (χ1n) is 5.99. The Balaban J connectivity index is 1.79. The average Bonchev–Trinajstić information content (AvgIpc) is 2.39. The number of benzene rings is 1. The monoisotopic (exact) mass is 321 g/mol. The Bertz CT molecular complexity index is 543. The lowest BCUT2D eigenvalue weighted by molar-refractivity contribution is 0.333. The fourth-order valence-corrected chi connectivity index (χ4v) is 2.07. The number of aryl methyl sites for hydroxylation is 1. The van der Waals surface area contributed by atoms with E-state index in [2.05, 4.69) is 26.2 Å². The van der Waals surface area contributed by atoms with E-state index in [-0.39, 0.29) is 0 Å². The molecule has 0 aliphatic carbocycles. The van der Waals surface area contributed by atoms with E-state index in [0.717, 1.165) is 27.3 Å².